The standard InChI is InChI=1S/C27H22N4OS/c1-20-14-15-24(31(20)23-12-6-3-7-13-23)17-25-26(32)30(19-21-9-8-16-28-18-21)27(33-25)29-22-10-4-2-5-11-22/h2-18H,19H2,1H3/b25-17-,29-27?. The molecule has 2 aromatic heterocycles. The smallest absolute Gasteiger partial charge is 0.267 e. The van der Waals surface area contributed by atoms with Crippen molar-refractivity contribution in [1.82, 2.24) is 14.5 Å². The number of thioether (sulfide) groups is 1. The maximum absolute atomic E-state index is 13.5. The summed E-state index contributed by atoms with van der Waals surface area (Å²) < 4.78 is 2.15. The quantitative estimate of drug-likeness (QED) is 0.351. The molecule has 0 N–H and O–H groups in total. The highest BCUT2D eigenvalue weighted by atomic mass is 32.2. The molecule has 1 amide bonds. The Hall–Kier alpha value is -3.90. The van der Waals surface area contributed by atoms with Gasteiger partial charge in [0.05, 0.1) is 17.1 Å². The minimum atomic E-state index is -0.0583. The summed E-state index contributed by atoms with van der Waals surface area (Å²) in [5.74, 6) is -0.0583. The van der Waals surface area contributed by atoms with Gasteiger partial charge in [-0.1, -0.05) is 42.5 Å². The van der Waals surface area contributed by atoms with Crippen molar-refractivity contribution in [3.05, 3.63) is 119 Å². The number of carbonyl (C=O) groups excluding carboxylic acids is 1. The Bertz CT molecular complexity index is 1330. The van der Waals surface area contributed by atoms with Crippen LogP contribution in [-0.4, -0.2) is 25.5 Å². The summed E-state index contributed by atoms with van der Waals surface area (Å²) in [5, 5.41) is 0.663. The fraction of sp³-hybridized carbons (Fsp3) is 0.0741. The number of rotatable bonds is 5. The number of carbonyl (C=O) groups is 1. The van der Waals surface area contributed by atoms with E-state index in [9.17, 15) is 4.79 Å². The Labute approximate surface area is 197 Å². The zero-order valence-electron chi connectivity index (χ0n) is 18.1. The molecular formula is C27H22N4OS. The van der Waals surface area contributed by atoms with E-state index in [-0.39, 0.29) is 5.91 Å². The third kappa shape index (κ3) is 4.52. The number of nitrogens with zero attached hydrogens (tertiary/aromatic N) is 4. The lowest BCUT2D eigenvalue weighted by Crippen LogP contribution is -2.28. The van der Waals surface area contributed by atoms with Gasteiger partial charge in [-0.2, -0.15) is 0 Å². The van der Waals surface area contributed by atoms with E-state index >= 15 is 0 Å². The summed E-state index contributed by atoms with van der Waals surface area (Å²) >= 11 is 1.40. The number of benzene rings is 2. The van der Waals surface area contributed by atoms with Gasteiger partial charge >= 0.3 is 0 Å². The zero-order valence-corrected chi connectivity index (χ0v) is 18.9. The van der Waals surface area contributed by atoms with Crippen LogP contribution in [0.4, 0.5) is 5.69 Å². The fourth-order valence-electron chi connectivity index (χ4n) is 3.75. The molecule has 1 fully saturated rings. The minimum absolute atomic E-state index is 0.0583. The molecule has 0 unspecified atom stereocenters. The average Bonchev–Trinajstić information content (AvgIpc) is 3.35. The molecule has 33 heavy (non-hydrogen) atoms. The first-order valence-electron chi connectivity index (χ1n) is 10.7. The van der Waals surface area contributed by atoms with Crippen molar-refractivity contribution in [2.24, 2.45) is 4.99 Å². The van der Waals surface area contributed by atoms with Crippen molar-refractivity contribution in [1.29, 1.82) is 0 Å². The molecule has 3 heterocycles. The summed E-state index contributed by atoms with van der Waals surface area (Å²) in [7, 11) is 0. The topological polar surface area (TPSA) is 50.5 Å². The monoisotopic (exact) mass is 450 g/mol. The second kappa shape index (κ2) is 9.30. The van der Waals surface area contributed by atoms with Crippen LogP contribution in [0.25, 0.3) is 11.8 Å². The van der Waals surface area contributed by atoms with E-state index in [0.717, 1.165) is 28.3 Å². The molecule has 1 aliphatic heterocycles. The van der Waals surface area contributed by atoms with Crippen molar-refractivity contribution >= 4 is 34.6 Å². The first-order valence-corrected chi connectivity index (χ1v) is 11.5. The van der Waals surface area contributed by atoms with Gasteiger partial charge in [0.25, 0.3) is 5.91 Å². The van der Waals surface area contributed by atoms with Gasteiger partial charge in [0.15, 0.2) is 5.17 Å². The SMILES string of the molecule is Cc1ccc(/C=C2\SC(=Nc3ccccc3)N(Cc3cccnc3)C2=O)n1-c1ccccc1. The van der Waals surface area contributed by atoms with Crippen LogP contribution in [0.15, 0.2) is 107 Å². The first-order chi connectivity index (χ1) is 16.2. The molecule has 0 spiro atoms. The minimum Gasteiger partial charge on any atom is -0.314 e. The van der Waals surface area contributed by atoms with Crippen LogP contribution in [0.1, 0.15) is 17.0 Å². The molecule has 0 atom stereocenters. The number of aliphatic imine (C=N–C) groups is 1. The number of hydrogen-bond donors (Lipinski definition) is 0. The molecule has 0 aliphatic carbocycles. The van der Waals surface area contributed by atoms with E-state index < -0.39 is 0 Å². The van der Waals surface area contributed by atoms with Crippen LogP contribution in [-0.2, 0) is 11.3 Å². The Morgan fingerprint density at radius 3 is 2.42 bits per heavy atom. The Morgan fingerprint density at radius 2 is 1.70 bits per heavy atom. The Kier molecular flexibility index (Phi) is 5.91. The average molecular weight is 451 g/mol. The lowest BCUT2D eigenvalue weighted by molar-refractivity contribution is -0.122. The molecule has 0 saturated carbocycles. The van der Waals surface area contributed by atoms with Gasteiger partial charge in [0, 0.05) is 29.5 Å². The molecule has 1 aliphatic rings. The van der Waals surface area contributed by atoms with E-state index in [1.807, 2.05) is 72.8 Å². The lowest BCUT2D eigenvalue weighted by atomic mass is 10.2. The van der Waals surface area contributed by atoms with Gasteiger partial charge in [-0.05, 0) is 72.8 Å². The van der Waals surface area contributed by atoms with Crippen molar-refractivity contribution in [2.45, 2.75) is 13.5 Å². The number of pyridine rings is 1. The second-order valence-corrected chi connectivity index (χ2v) is 8.67. The van der Waals surface area contributed by atoms with E-state index in [2.05, 4.69) is 34.7 Å². The highest BCUT2D eigenvalue weighted by molar-refractivity contribution is 8.18. The van der Waals surface area contributed by atoms with Crippen LogP contribution in [0, 0.1) is 6.92 Å². The predicted octanol–water partition coefficient (Wildman–Crippen LogP) is 5.98. The van der Waals surface area contributed by atoms with E-state index in [1.54, 1.807) is 17.3 Å². The Balaban J connectivity index is 1.54. The van der Waals surface area contributed by atoms with Crippen LogP contribution in [0.2, 0.25) is 0 Å². The zero-order chi connectivity index (χ0) is 22.6. The predicted molar refractivity (Wildman–Crippen MR) is 134 cm³/mol. The second-order valence-electron chi connectivity index (χ2n) is 7.66. The molecule has 0 radical (unpaired) electrons. The van der Waals surface area contributed by atoms with Gasteiger partial charge in [-0.25, -0.2) is 4.99 Å². The molecule has 2 aromatic carbocycles. The van der Waals surface area contributed by atoms with Gasteiger partial charge in [-0.3, -0.25) is 14.7 Å². The van der Waals surface area contributed by atoms with Crippen LogP contribution in [0.5, 0.6) is 0 Å². The maximum atomic E-state index is 13.5. The highest BCUT2D eigenvalue weighted by Gasteiger charge is 2.33. The number of aromatic nitrogens is 2. The van der Waals surface area contributed by atoms with E-state index in [0.29, 0.717) is 16.6 Å². The van der Waals surface area contributed by atoms with E-state index in [1.165, 1.54) is 11.8 Å². The van der Waals surface area contributed by atoms with Gasteiger partial charge in [-0.15, -0.1) is 0 Å². The van der Waals surface area contributed by atoms with Crippen molar-refractivity contribution < 1.29 is 4.79 Å². The molecule has 6 heteroatoms. The number of para-hydroxylation sites is 2. The van der Waals surface area contributed by atoms with Crippen molar-refractivity contribution in [3.63, 3.8) is 0 Å². The molecule has 5 rings (SSSR count). The fourth-order valence-corrected chi connectivity index (χ4v) is 4.74. The number of amidine groups is 1. The molecule has 0 bridgehead atoms. The Morgan fingerprint density at radius 1 is 0.939 bits per heavy atom. The molecular weight excluding hydrogens is 428 g/mol. The van der Waals surface area contributed by atoms with Crippen LogP contribution < -0.4 is 0 Å². The number of hydrogen-bond acceptors (Lipinski definition) is 4. The molecule has 162 valence electrons. The summed E-state index contributed by atoms with van der Waals surface area (Å²) in [4.78, 5) is 24.8. The summed E-state index contributed by atoms with van der Waals surface area (Å²) in [6.45, 7) is 2.48. The number of aryl methyl sites for hydroxylation is 1. The molecule has 4 aromatic rings. The molecule has 5 nitrogen and oxygen atoms in total. The normalized spacial score (nSPS) is 16.2. The van der Waals surface area contributed by atoms with Crippen molar-refractivity contribution in [2.75, 3.05) is 0 Å². The lowest BCUT2D eigenvalue weighted by Gasteiger charge is -2.15. The van der Waals surface area contributed by atoms with Gasteiger partial charge in [0.2, 0.25) is 0 Å². The van der Waals surface area contributed by atoms with Crippen molar-refractivity contribution in [3.8, 4) is 5.69 Å². The number of amides is 1. The summed E-state index contributed by atoms with van der Waals surface area (Å²) in [6.07, 6.45) is 5.47. The summed E-state index contributed by atoms with van der Waals surface area (Å²) in [5.41, 5.74) is 4.89. The molecule has 1 saturated heterocycles. The third-order valence-electron chi connectivity index (χ3n) is 5.33. The van der Waals surface area contributed by atoms with Gasteiger partial charge in [0.1, 0.15) is 0 Å². The maximum Gasteiger partial charge on any atom is 0.267 e. The third-order valence-corrected chi connectivity index (χ3v) is 6.34. The van der Waals surface area contributed by atoms with Crippen LogP contribution in [0.3, 0.4) is 0 Å². The van der Waals surface area contributed by atoms with E-state index in [4.69, 9.17) is 4.99 Å². The largest absolute Gasteiger partial charge is 0.314 e. The van der Waals surface area contributed by atoms with Crippen LogP contribution >= 0.6 is 11.8 Å². The highest BCUT2D eigenvalue weighted by Crippen LogP contribution is 2.35. The summed E-state index contributed by atoms with van der Waals surface area (Å²) in [6, 6.07) is 27.8. The first kappa shape index (κ1) is 21.0. The van der Waals surface area contributed by atoms with Gasteiger partial charge < -0.3 is 4.57 Å².